The summed E-state index contributed by atoms with van der Waals surface area (Å²) in [5.41, 5.74) is 0. The average molecular weight is 453 g/mol. The Balaban J connectivity index is 3.07. The first-order valence-corrected chi connectivity index (χ1v) is 23.8. The van der Waals surface area contributed by atoms with E-state index in [4.69, 9.17) is 22.4 Å². The fraction of sp³-hybridized carbons (Fsp3) is 1.00. The summed E-state index contributed by atoms with van der Waals surface area (Å²) >= 11 is 0. The highest BCUT2D eigenvalue weighted by Gasteiger charge is 2.47. The number of hydrogen-bond donors (Lipinski definition) is 0. The lowest BCUT2D eigenvalue weighted by atomic mass is 10.1. The van der Waals surface area contributed by atoms with Gasteiger partial charge in [-0.05, 0) is 78.6 Å². The fourth-order valence-corrected chi connectivity index (χ4v) is 7.00. The van der Waals surface area contributed by atoms with Crippen LogP contribution in [0, 0.1) is 0 Å². The molecular formula is C18H44O5Si4. The van der Waals surface area contributed by atoms with Crippen LogP contribution >= 0.6 is 0 Å². The molecule has 0 saturated carbocycles. The molecule has 0 aliphatic carbocycles. The van der Waals surface area contributed by atoms with Crippen LogP contribution in [0.3, 0.4) is 0 Å². The monoisotopic (exact) mass is 452 g/mol. The second-order valence-corrected chi connectivity index (χ2v) is 29.3. The second kappa shape index (κ2) is 9.21. The summed E-state index contributed by atoms with van der Waals surface area (Å²) in [6.07, 6.45) is -0.357. The second-order valence-electron chi connectivity index (χ2n) is 11.5. The molecule has 0 aromatic heterocycles. The summed E-state index contributed by atoms with van der Waals surface area (Å²) < 4.78 is 32.1. The summed E-state index contributed by atoms with van der Waals surface area (Å²) in [6.45, 7) is 27.7. The largest absolute Gasteiger partial charge is 0.415 e. The minimum Gasteiger partial charge on any atom is -0.415 e. The highest BCUT2D eigenvalue weighted by Crippen LogP contribution is 2.31. The van der Waals surface area contributed by atoms with E-state index in [0.717, 1.165) is 0 Å². The maximum absolute atomic E-state index is 6.60. The van der Waals surface area contributed by atoms with Gasteiger partial charge >= 0.3 is 0 Å². The fourth-order valence-electron chi connectivity index (χ4n) is 3.01. The van der Waals surface area contributed by atoms with Crippen molar-refractivity contribution in [2.75, 3.05) is 13.2 Å². The Morgan fingerprint density at radius 1 is 0.741 bits per heavy atom. The van der Waals surface area contributed by atoms with Crippen LogP contribution in [0.4, 0.5) is 0 Å². The third-order valence-electron chi connectivity index (χ3n) is 3.69. The van der Waals surface area contributed by atoms with Crippen molar-refractivity contribution in [2.45, 2.75) is 103 Å². The van der Waals surface area contributed by atoms with Crippen LogP contribution in [0.2, 0.25) is 78.6 Å². The summed E-state index contributed by atoms with van der Waals surface area (Å²) in [5, 5.41) is 0. The zero-order chi connectivity index (χ0) is 21.3. The highest BCUT2D eigenvalue weighted by atomic mass is 28.4. The van der Waals surface area contributed by atoms with Crippen molar-refractivity contribution in [3.05, 3.63) is 0 Å². The van der Waals surface area contributed by atoms with Crippen molar-refractivity contribution >= 4 is 33.3 Å². The van der Waals surface area contributed by atoms with Crippen LogP contribution in [-0.4, -0.2) is 70.9 Å². The molecule has 1 aliphatic rings. The molecule has 1 rings (SSSR count). The van der Waals surface area contributed by atoms with E-state index in [9.17, 15) is 0 Å². The van der Waals surface area contributed by atoms with Gasteiger partial charge < -0.3 is 22.4 Å². The zero-order valence-corrected chi connectivity index (χ0v) is 23.8. The van der Waals surface area contributed by atoms with Crippen molar-refractivity contribution in [3.8, 4) is 0 Å². The van der Waals surface area contributed by atoms with Gasteiger partial charge in [-0.2, -0.15) is 0 Å². The molecule has 9 heteroatoms. The van der Waals surface area contributed by atoms with Crippen LogP contribution in [0.15, 0.2) is 0 Å². The van der Waals surface area contributed by atoms with Crippen molar-refractivity contribution in [1.82, 2.24) is 0 Å². The molecule has 1 heterocycles. The van der Waals surface area contributed by atoms with Gasteiger partial charge in [0.1, 0.15) is 12.2 Å². The van der Waals surface area contributed by atoms with Gasteiger partial charge in [-0.3, -0.25) is 0 Å². The van der Waals surface area contributed by atoms with Crippen LogP contribution in [0.5, 0.6) is 0 Å². The van der Waals surface area contributed by atoms with E-state index in [0.29, 0.717) is 13.2 Å². The zero-order valence-electron chi connectivity index (χ0n) is 19.8. The molecule has 1 saturated heterocycles. The molecule has 1 aliphatic heterocycles. The van der Waals surface area contributed by atoms with Crippen molar-refractivity contribution in [3.63, 3.8) is 0 Å². The molecule has 0 aromatic rings. The lowest BCUT2D eigenvalue weighted by molar-refractivity contribution is -0.0521. The highest BCUT2D eigenvalue weighted by molar-refractivity contribution is 6.71. The third kappa shape index (κ3) is 10.9. The first-order chi connectivity index (χ1) is 11.9. The molecule has 162 valence electrons. The minimum absolute atomic E-state index is 0.0204. The van der Waals surface area contributed by atoms with E-state index in [2.05, 4.69) is 78.6 Å². The normalized spacial score (nSPS) is 26.4. The average Bonchev–Trinajstić information content (AvgIpc) is 2.71. The van der Waals surface area contributed by atoms with Crippen molar-refractivity contribution in [1.29, 1.82) is 0 Å². The third-order valence-corrected chi connectivity index (χ3v) is 7.72. The quantitative estimate of drug-likeness (QED) is 0.441. The predicted molar refractivity (Wildman–Crippen MR) is 124 cm³/mol. The molecule has 0 radical (unpaired) electrons. The minimum atomic E-state index is -1.77. The predicted octanol–water partition coefficient (Wildman–Crippen LogP) is 4.90. The van der Waals surface area contributed by atoms with Gasteiger partial charge in [-0.25, -0.2) is 0 Å². The molecule has 27 heavy (non-hydrogen) atoms. The van der Waals surface area contributed by atoms with E-state index in [1.807, 2.05) is 0 Å². The number of hydrogen-bond acceptors (Lipinski definition) is 5. The SMILES string of the molecule is C[Si](C)(C)OC[C@H](O[Si](C)(C)C)[C@@H]1OC[C@@H](O[Si](C)(C)C)[C@@H]1O[Si](C)(C)C. The number of rotatable bonds is 10. The van der Waals surface area contributed by atoms with Crippen LogP contribution in [-0.2, 0) is 22.4 Å². The van der Waals surface area contributed by atoms with E-state index in [-0.39, 0.29) is 24.4 Å². The first-order valence-electron chi connectivity index (χ1n) is 10.2. The molecule has 0 aromatic carbocycles. The molecule has 5 nitrogen and oxygen atoms in total. The van der Waals surface area contributed by atoms with Gasteiger partial charge in [0.2, 0.25) is 0 Å². The Morgan fingerprint density at radius 3 is 1.67 bits per heavy atom. The molecule has 0 spiro atoms. The standard InChI is InChI=1S/C18H44O5Si4/c1-24(2,3)20-14-16(22-26(7,8)9)17-18(23-27(10,11)12)15(13-19-17)21-25(4,5)6/h15-18H,13-14H2,1-12H3/t15-,16+,17+,18+/m1/s1. The summed E-state index contributed by atoms with van der Waals surface area (Å²) in [4.78, 5) is 0. The molecule has 0 amide bonds. The Hall–Kier alpha value is 0.668. The lowest BCUT2D eigenvalue weighted by Crippen LogP contribution is -2.53. The van der Waals surface area contributed by atoms with Gasteiger partial charge in [0.15, 0.2) is 33.3 Å². The van der Waals surface area contributed by atoms with Crippen molar-refractivity contribution in [2.24, 2.45) is 0 Å². The molecule has 0 bridgehead atoms. The Kier molecular flexibility index (Phi) is 8.77. The van der Waals surface area contributed by atoms with E-state index < -0.39 is 33.3 Å². The van der Waals surface area contributed by atoms with Crippen molar-refractivity contribution < 1.29 is 22.4 Å². The van der Waals surface area contributed by atoms with Crippen LogP contribution in [0.1, 0.15) is 0 Å². The molecule has 0 N–H and O–H groups in total. The maximum Gasteiger partial charge on any atom is 0.184 e. The maximum atomic E-state index is 6.60. The van der Waals surface area contributed by atoms with E-state index in [1.165, 1.54) is 0 Å². The van der Waals surface area contributed by atoms with Gasteiger partial charge in [-0.1, -0.05) is 0 Å². The Morgan fingerprint density at radius 2 is 1.26 bits per heavy atom. The molecular weight excluding hydrogens is 409 g/mol. The first kappa shape index (κ1) is 25.7. The van der Waals surface area contributed by atoms with Gasteiger partial charge in [0.25, 0.3) is 0 Å². The van der Waals surface area contributed by atoms with Crippen LogP contribution < -0.4 is 0 Å². The number of ether oxygens (including phenoxy) is 1. The Labute approximate surface area is 172 Å². The molecule has 0 unspecified atom stereocenters. The van der Waals surface area contributed by atoms with Gasteiger partial charge in [-0.15, -0.1) is 0 Å². The smallest absolute Gasteiger partial charge is 0.184 e. The van der Waals surface area contributed by atoms with Gasteiger partial charge in [0, 0.05) is 0 Å². The van der Waals surface area contributed by atoms with Crippen LogP contribution in [0.25, 0.3) is 0 Å². The van der Waals surface area contributed by atoms with E-state index in [1.54, 1.807) is 0 Å². The lowest BCUT2D eigenvalue weighted by Gasteiger charge is -2.38. The van der Waals surface area contributed by atoms with E-state index >= 15 is 0 Å². The van der Waals surface area contributed by atoms with Gasteiger partial charge in [0.05, 0.1) is 25.4 Å². The topological polar surface area (TPSA) is 46.2 Å². The Bertz CT molecular complexity index is 462. The summed E-state index contributed by atoms with van der Waals surface area (Å²) in [6, 6.07) is 0. The summed E-state index contributed by atoms with van der Waals surface area (Å²) in [7, 11) is -6.88. The molecule has 1 fully saturated rings. The molecule has 4 atom stereocenters. The summed E-state index contributed by atoms with van der Waals surface area (Å²) in [5.74, 6) is 0.